The number of piperidine rings is 1. The number of rotatable bonds is 4. The van der Waals surface area contributed by atoms with Gasteiger partial charge in [-0.1, -0.05) is 18.9 Å². The molecule has 13 nitrogen and oxygen atoms in total. The minimum Gasteiger partial charge on any atom is -0.355 e. The first-order valence-corrected chi connectivity index (χ1v) is 17.4. The lowest BCUT2D eigenvalue weighted by Crippen LogP contribution is -2.47. The number of hydrogen-bond acceptors (Lipinski definition) is 9. The molecule has 3 aliphatic rings. The molecule has 0 unspecified atom stereocenters. The molecule has 2 bridgehead atoms. The summed E-state index contributed by atoms with van der Waals surface area (Å²) in [6.45, 7) is 4.63. The number of pyridine rings is 2. The molecular formula is C36H38F3N9O4. The summed E-state index contributed by atoms with van der Waals surface area (Å²) in [5.41, 5.74) is 1.12. The summed E-state index contributed by atoms with van der Waals surface area (Å²) in [6, 6.07) is 2.36. The van der Waals surface area contributed by atoms with E-state index in [2.05, 4.69) is 30.7 Å². The van der Waals surface area contributed by atoms with E-state index in [1.54, 1.807) is 25.4 Å². The van der Waals surface area contributed by atoms with E-state index >= 15 is 0 Å². The van der Waals surface area contributed by atoms with E-state index in [0.717, 1.165) is 25.3 Å². The molecule has 1 aliphatic carbocycles. The third-order valence-corrected chi connectivity index (χ3v) is 10.3. The summed E-state index contributed by atoms with van der Waals surface area (Å²) in [7, 11) is 0. The van der Waals surface area contributed by atoms with E-state index in [-0.39, 0.29) is 42.7 Å². The highest BCUT2D eigenvalue weighted by Crippen LogP contribution is 2.59. The minimum atomic E-state index is -4.72. The highest BCUT2D eigenvalue weighted by molar-refractivity contribution is 6.06. The van der Waals surface area contributed by atoms with Crippen molar-refractivity contribution in [1.82, 2.24) is 39.9 Å². The fourth-order valence-corrected chi connectivity index (χ4v) is 7.49. The predicted octanol–water partition coefficient (Wildman–Crippen LogP) is 4.74. The second kappa shape index (κ2) is 13.4. The van der Waals surface area contributed by atoms with Gasteiger partial charge < -0.3 is 15.5 Å². The maximum Gasteiger partial charge on any atom is 0.433 e. The Hall–Kier alpha value is -5.28. The molecule has 2 aliphatic heterocycles. The first-order valence-electron chi connectivity index (χ1n) is 17.4. The van der Waals surface area contributed by atoms with Crippen molar-refractivity contribution in [3.63, 3.8) is 0 Å². The molecule has 6 heterocycles. The van der Waals surface area contributed by atoms with Gasteiger partial charge in [-0.05, 0) is 63.6 Å². The van der Waals surface area contributed by atoms with Gasteiger partial charge in [0, 0.05) is 54.7 Å². The smallest absolute Gasteiger partial charge is 0.355 e. The van der Waals surface area contributed by atoms with E-state index < -0.39 is 41.2 Å². The summed E-state index contributed by atoms with van der Waals surface area (Å²) in [4.78, 5) is 72.8. The summed E-state index contributed by atoms with van der Waals surface area (Å²) < 4.78 is 41.9. The van der Waals surface area contributed by atoms with Crippen LogP contribution in [0.4, 0.5) is 19.0 Å². The third kappa shape index (κ3) is 6.73. The molecule has 3 amide bonds. The van der Waals surface area contributed by atoms with Crippen LogP contribution >= 0.6 is 0 Å². The summed E-state index contributed by atoms with van der Waals surface area (Å²) in [5.74, 6) is -1.23. The van der Waals surface area contributed by atoms with Crippen LogP contribution in [0.25, 0.3) is 22.2 Å². The molecular weight excluding hydrogens is 679 g/mol. The number of nitrogens with zero attached hydrogens (tertiary/aromatic N) is 7. The van der Waals surface area contributed by atoms with Crippen molar-refractivity contribution < 1.29 is 32.3 Å². The normalized spacial score (nSPS) is 22.5. The maximum atomic E-state index is 14.4. The molecule has 0 aromatic carbocycles. The minimum absolute atomic E-state index is 0.118. The standard InChI is InChI=1S/C36H38F3N9O4/c1-19-10-11-27(36(37,38)39)44-33(19)45-34(52)26-13-35-14-28(35)48(26)30(51)17-47-32-23(31(46-47)20(2)49)12-25(22-15-40-21(3)41-16-22)43-24(32)8-6-4-5-7-9-29(50)42-18-35/h10-12,15-16,26,28H,4-9,13-14,17-18H2,1-3H3,(H,42,50)(H,44,45,52)/t26-,28+,35-/m0/s1. The number of carbonyl (C=O) groups excluding carboxylic acids is 4. The zero-order valence-corrected chi connectivity index (χ0v) is 29.0. The zero-order valence-electron chi connectivity index (χ0n) is 29.0. The van der Waals surface area contributed by atoms with E-state index in [1.165, 1.54) is 29.5 Å². The SMILES string of the molecule is CC(=O)c1nn2c3c(nc(-c4cnc(C)nc4)cc13)CCCCCCC(=O)NC[C@@]13C[C@@H](C(=O)Nc4nc(C(F)(F)F)ccc4C)N(C(=O)C2)[C@@H]1C3. The Labute approximate surface area is 296 Å². The van der Waals surface area contributed by atoms with E-state index in [1.807, 2.05) is 0 Å². The zero-order chi connectivity index (χ0) is 36.9. The Kier molecular flexibility index (Phi) is 9.03. The number of halogens is 3. The molecule has 7 rings (SSSR count). The molecule has 272 valence electrons. The van der Waals surface area contributed by atoms with Crippen LogP contribution in [-0.2, 0) is 33.5 Å². The van der Waals surface area contributed by atoms with Crippen molar-refractivity contribution in [2.45, 2.75) is 96.9 Å². The van der Waals surface area contributed by atoms with Crippen molar-refractivity contribution in [3.05, 3.63) is 59.1 Å². The van der Waals surface area contributed by atoms with Crippen molar-refractivity contribution in [1.29, 1.82) is 0 Å². The predicted molar refractivity (Wildman–Crippen MR) is 182 cm³/mol. The first kappa shape index (κ1) is 35.1. The second-order valence-electron chi connectivity index (χ2n) is 14.1. The lowest BCUT2D eigenvalue weighted by Gasteiger charge is -2.27. The number of anilines is 1. The molecule has 2 fully saturated rings. The van der Waals surface area contributed by atoms with Gasteiger partial charge in [0.2, 0.25) is 17.7 Å². The molecule has 0 radical (unpaired) electrons. The number of carbonyl (C=O) groups is 4. The van der Waals surface area contributed by atoms with E-state index in [4.69, 9.17) is 4.98 Å². The molecule has 3 atom stereocenters. The van der Waals surface area contributed by atoms with Crippen LogP contribution in [0.1, 0.15) is 85.1 Å². The third-order valence-electron chi connectivity index (χ3n) is 10.3. The number of Topliss-reactive ketones (excluding diaryl/α,β-unsaturated/α-hetero) is 1. The van der Waals surface area contributed by atoms with Crippen molar-refractivity contribution in [3.8, 4) is 11.3 Å². The van der Waals surface area contributed by atoms with E-state index in [0.29, 0.717) is 64.9 Å². The van der Waals surface area contributed by atoms with Gasteiger partial charge in [-0.15, -0.1) is 0 Å². The van der Waals surface area contributed by atoms with Crippen molar-refractivity contribution >= 4 is 40.2 Å². The van der Waals surface area contributed by atoms with Gasteiger partial charge >= 0.3 is 6.18 Å². The molecule has 4 aromatic rings. The Morgan fingerprint density at radius 2 is 1.73 bits per heavy atom. The summed E-state index contributed by atoms with van der Waals surface area (Å²) in [6.07, 6.45) is 3.21. The highest BCUT2D eigenvalue weighted by Gasteiger charge is 2.67. The first-order chi connectivity index (χ1) is 24.7. The van der Waals surface area contributed by atoms with E-state index in [9.17, 15) is 32.3 Å². The van der Waals surface area contributed by atoms with Gasteiger partial charge in [0.15, 0.2) is 5.78 Å². The Morgan fingerprint density at radius 1 is 1.00 bits per heavy atom. The van der Waals surface area contributed by atoms with Crippen LogP contribution in [0, 0.1) is 19.3 Å². The number of aryl methyl sites for hydroxylation is 3. The van der Waals surface area contributed by atoms with Crippen molar-refractivity contribution in [2.75, 3.05) is 11.9 Å². The lowest BCUT2D eigenvalue weighted by molar-refractivity contribution is -0.141. The lowest BCUT2D eigenvalue weighted by atomic mass is 9.98. The van der Waals surface area contributed by atoms with Gasteiger partial charge in [0.25, 0.3) is 0 Å². The second-order valence-corrected chi connectivity index (χ2v) is 14.1. The quantitative estimate of drug-likeness (QED) is 0.284. The molecule has 2 N–H and O–H groups in total. The topological polar surface area (TPSA) is 165 Å². The van der Waals surface area contributed by atoms with Crippen LogP contribution in [0.5, 0.6) is 0 Å². The maximum absolute atomic E-state index is 14.4. The summed E-state index contributed by atoms with van der Waals surface area (Å²) >= 11 is 0. The summed E-state index contributed by atoms with van der Waals surface area (Å²) in [5, 5.41) is 10.7. The van der Waals surface area contributed by atoms with Crippen LogP contribution in [0.2, 0.25) is 0 Å². The molecule has 1 saturated heterocycles. The molecule has 4 aromatic heterocycles. The number of hydrogen-bond donors (Lipinski definition) is 2. The molecule has 1 saturated carbocycles. The number of ketones is 1. The van der Waals surface area contributed by atoms with Gasteiger partial charge in [0.05, 0.1) is 16.9 Å². The monoisotopic (exact) mass is 717 g/mol. The Morgan fingerprint density at radius 3 is 2.44 bits per heavy atom. The van der Waals surface area contributed by atoms with Crippen LogP contribution in [-0.4, -0.2) is 76.7 Å². The highest BCUT2D eigenvalue weighted by atomic mass is 19.4. The van der Waals surface area contributed by atoms with Crippen LogP contribution in [0.15, 0.2) is 30.6 Å². The molecule has 52 heavy (non-hydrogen) atoms. The van der Waals surface area contributed by atoms with Gasteiger partial charge in [-0.3, -0.25) is 28.8 Å². The molecule has 16 heteroatoms. The number of nitrogens with one attached hydrogen (secondary N) is 2. The van der Waals surface area contributed by atoms with Gasteiger partial charge in [0.1, 0.15) is 35.6 Å². The Bertz CT molecular complexity index is 2100. The molecule has 0 spiro atoms. The van der Waals surface area contributed by atoms with Gasteiger partial charge in [-0.25, -0.2) is 15.0 Å². The fourth-order valence-electron chi connectivity index (χ4n) is 7.49. The average Bonchev–Trinajstić information content (AvgIpc) is 3.50. The van der Waals surface area contributed by atoms with Crippen LogP contribution in [0.3, 0.4) is 0 Å². The van der Waals surface area contributed by atoms with Crippen molar-refractivity contribution in [2.24, 2.45) is 5.41 Å². The van der Waals surface area contributed by atoms with Gasteiger partial charge in [-0.2, -0.15) is 18.3 Å². The average molecular weight is 718 g/mol. The number of alkyl halides is 3. The Balaban J connectivity index is 1.28. The number of aromatic nitrogens is 6. The number of amides is 3. The van der Waals surface area contributed by atoms with Crippen LogP contribution < -0.4 is 10.6 Å². The fraction of sp³-hybridized carbons (Fsp3) is 0.472. The largest absolute Gasteiger partial charge is 0.433 e.